The van der Waals surface area contributed by atoms with E-state index in [1.54, 1.807) is 0 Å². The molecule has 1 heteroatoms. The Kier molecular flexibility index (Phi) is 11.3. The van der Waals surface area contributed by atoms with E-state index in [9.17, 15) is 0 Å². The van der Waals surface area contributed by atoms with Gasteiger partial charge in [0.25, 0.3) is 0 Å². The molecule has 0 aliphatic heterocycles. The standard InChI is InChI=1S/C20H41N/c1-4-7-8-9-10-11-12-13-14-20(21-6-3)19-16-15-18(5-2)17-19/h18-21H,4-17H2,1-3H3. The molecule has 3 atom stereocenters. The van der Waals surface area contributed by atoms with E-state index in [0.29, 0.717) is 0 Å². The number of rotatable bonds is 13. The van der Waals surface area contributed by atoms with Crippen LogP contribution in [0.2, 0.25) is 0 Å². The summed E-state index contributed by atoms with van der Waals surface area (Å²) in [5, 5.41) is 3.79. The lowest BCUT2D eigenvalue weighted by Gasteiger charge is -2.24. The molecular weight excluding hydrogens is 254 g/mol. The number of nitrogens with one attached hydrogen (secondary N) is 1. The van der Waals surface area contributed by atoms with E-state index in [2.05, 4.69) is 26.1 Å². The number of unbranched alkanes of at least 4 members (excludes halogenated alkanes) is 7. The fourth-order valence-corrected chi connectivity index (χ4v) is 4.11. The summed E-state index contributed by atoms with van der Waals surface area (Å²) in [6.45, 7) is 8.09. The lowest BCUT2D eigenvalue weighted by Crippen LogP contribution is -2.35. The summed E-state index contributed by atoms with van der Waals surface area (Å²) in [5.74, 6) is 1.99. The van der Waals surface area contributed by atoms with Gasteiger partial charge in [-0.2, -0.15) is 0 Å². The molecule has 0 amide bonds. The molecule has 1 nitrogen and oxygen atoms in total. The van der Waals surface area contributed by atoms with Crippen LogP contribution in [0.4, 0.5) is 0 Å². The second-order valence-corrected chi connectivity index (χ2v) is 7.28. The van der Waals surface area contributed by atoms with Crippen molar-refractivity contribution in [2.75, 3.05) is 6.54 Å². The lowest BCUT2D eigenvalue weighted by atomic mass is 9.91. The van der Waals surface area contributed by atoms with E-state index in [-0.39, 0.29) is 0 Å². The molecule has 1 rings (SSSR count). The van der Waals surface area contributed by atoms with Gasteiger partial charge < -0.3 is 5.32 Å². The minimum Gasteiger partial charge on any atom is -0.314 e. The molecule has 1 fully saturated rings. The molecule has 1 aliphatic rings. The van der Waals surface area contributed by atoms with Crippen molar-refractivity contribution >= 4 is 0 Å². The molecule has 0 heterocycles. The molecule has 0 bridgehead atoms. The van der Waals surface area contributed by atoms with Crippen molar-refractivity contribution in [1.82, 2.24) is 5.32 Å². The van der Waals surface area contributed by atoms with Crippen LogP contribution in [-0.2, 0) is 0 Å². The van der Waals surface area contributed by atoms with E-state index in [1.165, 1.54) is 83.5 Å². The minimum absolute atomic E-state index is 0.812. The summed E-state index contributed by atoms with van der Waals surface area (Å²) in [5.41, 5.74) is 0. The van der Waals surface area contributed by atoms with Gasteiger partial charge in [-0.05, 0) is 37.6 Å². The second-order valence-electron chi connectivity index (χ2n) is 7.28. The highest BCUT2D eigenvalue weighted by atomic mass is 14.9. The maximum atomic E-state index is 3.79. The first-order chi connectivity index (χ1) is 10.3. The van der Waals surface area contributed by atoms with Gasteiger partial charge in [-0.1, -0.05) is 85.0 Å². The van der Waals surface area contributed by atoms with Gasteiger partial charge in [0.2, 0.25) is 0 Å². The predicted molar refractivity (Wildman–Crippen MR) is 95.8 cm³/mol. The molecule has 0 aromatic heterocycles. The molecule has 21 heavy (non-hydrogen) atoms. The maximum Gasteiger partial charge on any atom is 0.00953 e. The van der Waals surface area contributed by atoms with Gasteiger partial charge in [0.05, 0.1) is 0 Å². The highest BCUT2D eigenvalue weighted by Gasteiger charge is 2.29. The van der Waals surface area contributed by atoms with Crippen molar-refractivity contribution in [1.29, 1.82) is 0 Å². The molecule has 126 valence electrons. The SMILES string of the molecule is CCCCCCCCCCC(NCC)C1CCC(CC)C1. The molecule has 0 spiro atoms. The van der Waals surface area contributed by atoms with Gasteiger partial charge in [0.1, 0.15) is 0 Å². The molecule has 0 aromatic carbocycles. The zero-order valence-corrected chi connectivity index (χ0v) is 15.1. The average molecular weight is 296 g/mol. The third-order valence-corrected chi connectivity index (χ3v) is 5.56. The number of hydrogen-bond acceptors (Lipinski definition) is 1. The van der Waals surface area contributed by atoms with Gasteiger partial charge in [-0.25, -0.2) is 0 Å². The van der Waals surface area contributed by atoms with Crippen LogP contribution in [0.3, 0.4) is 0 Å². The smallest absolute Gasteiger partial charge is 0.00953 e. The Labute approximate surface area is 134 Å². The van der Waals surface area contributed by atoms with Gasteiger partial charge in [0, 0.05) is 6.04 Å². The van der Waals surface area contributed by atoms with Crippen molar-refractivity contribution in [2.45, 2.75) is 110 Å². The Morgan fingerprint density at radius 3 is 2.10 bits per heavy atom. The Morgan fingerprint density at radius 2 is 1.52 bits per heavy atom. The van der Waals surface area contributed by atoms with E-state index in [1.807, 2.05) is 0 Å². The topological polar surface area (TPSA) is 12.0 Å². The zero-order chi connectivity index (χ0) is 15.3. The quantitative estimate of drug-likeness (QED) is 0.392. The molecule has 1 saturated carbocycles. The molecule has 3 unspecified atom stereocenters. The summed E-state index contributed by atoms with van der Waals surface area (Å²) in [4.78, 5) is 0. The van der Waals surface area contributed by atoms with Crippen LogP contribution in [0.25, 0.3) is 0 Å². The molecule has 1 aliphatic carbocycles. The fraction of sp³-hybridized carbons (Fsp3) is 1.00. The summed E-state index contributed by atoms with van der Waals surface area (Å²) in [6.07, 6.45) is 18.8. The number of hydrogen-bond donors (Lipinski definition) is 1. The summed E-state index contributed by atoms with van der Waals surface area (Å²) in [7, 11) is 0. The highest BCUT2D eigenvalue weighted by molar-refractivity contribution is 4.84. The van der Waals surface area contributed by atoms with Crippen molar-refractivity contribution in [3.8, 4) is 0 Å². The van der Waals surface area contributed by atoms with Gasteiger partial charge >= 0.3 is 0 Å². The Balaban J connectivity index is 2.08. The van der Waals surface area contributed by atoms with E-state index in [0.717, 1.165) is 24.4 Å². The van der Waals surface area contributed by atoms with Crippen LogP contribution >= 0.6 is 0 Å². The first-order valence-corrected chi connectivity index (χ1v) is 10.0. The van der Waals surface area contributed by atoms with Crippen molar-refractivity contribution < 1.29 is 0 Å². The third kappa shape index (κ3) is 8.24. The van der Waals surface area contributed by atoms with E-state index in [4.69, 9.17) is 0 Å². The molecule has 0 aromatic rings. The fourth-order valence-electron chi connectivity index (χ4n) is 4.11. The third-order valence-electron chi connectivity index (χ3n) is 5.56. The highest BCUT2D eigenvalue weighted by Crippen LogP contribution is 2.36. The molecular formula is C20H41N. The average Bonchev–Trinajstić information content (AvgIpc) is 2.97. The largest absolute Gasteiger partial charge is 0.314 e. The van der Waals surface area contributed by atoms with Crippen molar-refractivity contribution in [3.63, 3.8) is 0 Å². The first kappa shape index (κ1) is 19.0. The normalized spacial score (nSPS) is 23.6. The molecule has 0 saturated heterocycles. The van der Waals surface area contributed by atoms with Crippen LogP contribution in [-0.4, -0.2) is 12.6 Å². The monoisotopic (exact) mass is 295 g/mol. The Bertz CT molecular complexity index is 226. The van der Waals surface area contributed by atoms with Crippen LogP contribution in [0, 0.1) is 11.8 Å². The zero-order valence-electron chi connectivity index (χ0n) is 15.1. The van der Waals surface area contributed by atoms with Crippen molar-refractivity contribution in [3.05, 3.63) is 0 Å². The van der Waals surface area contributed by atoms with Gasteiger partial charge in [0.15, 0.2) is 0 Å². The summed E-state index contributed by atoms with van der Waals surface area (Å²) in [6, 6.07) is 0.812. The van der Waals surface area contributed by atoms with Crippen LogP contribution in [0.1, 0.15) is 104 Å². The molecule has 0 radical (unpaired) electrons. The van der Waals surface area contributed by atoms with Crippen molar-refractivity contribution in [2.24, 2.45) is 11.8 Å². The predicted octanol–water partition coefficient (Wildman–Crippen LogP) is 6.32. The van der Waals surface area contributed by atoms with Gasteiger partial charge in [-0.15, -0.1) is 0 Å². The summed E-state index contributed by atoms with van der Waals surface area (Å²) >= 11 is 0. The summed E-state index contributed by atoms with van der Waals surface area (Å²) < 4.78 is 0. The lowest BCUT2D eigenvalue weighted by molar-refractivity contribution is 0.325. The second kappa shape index (κ2) is 12.5. The maximum absolute atomic E-state index is 3.79. The van der Waals surface area contributed by atoms with E-state index >= 15 is 0 Å². The minimum atomic E-state index is 0.812. The van der Waals surface area contributed by atoms with Crippen LogP contribution < -0.4 is 5.32 Å². The van der Waals surface area contributed by atoms with Crippen LogP contribution in [0.5, 0.6) is 0 Å². The Hall–Kier alpha value is -0.0400. The first-order valence-electron chi connectivity index (χ1n) is 10.0. The Morgan fingerprint density at radius 1 is 0.857 bits per heavy atom. The van der Waals surface area contributed by atoms with Gasteiger partial charge in [-0.3, -0.25) is 0 Å². The van der Waals surface area contributed by atoms with Crippen LogP contribution in [0.15, 0.2) is 0 Å². The molecule has 1 N–H and O–H groups in total. The van der Waals surface area contributed by atoms with E-state index < -0.39 is 0 Å².